The van der Waals surface area contributed by atoms with Gasteiger partial charge in [0.2, 0.25) is 0 Å². The SMILES string of the molecule is COc1ccc(CN2CCN(C(=O)c3ccc(-c4ccccc4F)o3)CC2)cc1OC. The van der Waals surface area contributed by atoms with Gasteiger partial charge < -0.3 is 18.8 Å². The third-order valence-corrected chi connectivity index (χ3v) is 5.47. The summed E-state index contributed by atoms with van der Waals surface area (Å²) in [6.07, 6.45) is 0. The minimum Gasteiger partial charge on any atom is -0.493 e. The van der Waals surface area contributed by atoms with Crippen molar-refractivity contribution in [1.29, 1.82) is 0 Å². The average Bonchev–Trinajstić information content (AvgIpc) is 3.29. The van der Waals surface area contributed by atoms with E-state index in [1.807, 2.05) is 18.2 Å². The van der Waals surface area contributed by atoms with Crippen LogP contribution in [0.5, 0.6) is 11.5 Å². The number of piperazine rings is 1. The topological polar surface area (TPSA) is 55.2 Å². The highest BCUT2D eigenvalue weighted by atomic mass is 19.1. The van der Waals surface area contributed by atoms with Crippen molar-refractivity contribution in [2.75, 3.05) is 40.4 Å². The van der Waals surface area contributed by atoms with Crippen molar-refractivity contribution in [3.63, 3.8) is 0 Å². The zero-order valence-electron chi connectivity index (χ0n) is 17.6. The second-order valence-corrected chi connectivity index (χ2v) is 7.40. The zero-order chi connectivity index (χ0) is 21.8. The van der Waals surface area contributed by atoms with E-state index in [0.717, 1.165) is 25.2 Å². The first-order chi connectivity index (χ1) is 15.1. The maximum atomic E-state index is 14.0. The number of hydrogen-bond acceptors (Lipinski definition) is 5. The quantitative estimate of drug-likeness (QED) is 0.597. The molecule has 2 aromatic carbocycles. The van der Waals surface area contributed by atoms with Crippen LogP contribution in [-0.4, -0.2) is 56.1 Å². The van der Waals surface area contributed by atoms with Crippen molar-refractivity contribution in [2.24, 2.45) is 0 Å². The Hall–Kier alpha value is -3.32. The Morgan fingerprint density at radius 3 is 2.42 bits per heavy atom. The Morgan fingerprint density at radius 2 is 1.71 bits per heavy atom. The van der Waals surface area contributed by atoms with Crippen molar-refractivity contribution >= 4 is 5.91 Å². The molecule has 0 saturated carbocycles. The highest BCUT2D eigenvalue weighted by Crippen LogP contribution is 2.28. The molecule has 4 rings (SSSR count). The molecular formula is C24H25FN2O4. The molecule has 1 aliphatic rings. The molecule has 0 atom stereocenters. The third kappa shape index (κ3) is 4.56. The number of amides is 1. The molecule has 0 spiro atoms. The van der Waals surface area contributed by atoms with Gasteiger partial charge in [0.1, 0.15) is 11.6 Å². The van der Waals surface area contributed by atoms with E-state index in [-0.39, 0.29) is 17.5 Å². The van der Waals surface area contributed by atoms with Crippen molar-refractivity contribution in [3.05, 3.63) is 71.7 Å². The molecule has 6 nitrogen and oxygen atoms in total. The van der Waals surface area contributed by atoms with Crippen molar-refractivity contribution in [3.8, 4) is 22.8 Å². The van der Waals surface area contributed by atoms with Crippen LogP contribution in [0.15, 0.2) is 59.0 Å². The van der Waals surface area contributed by atoms with E-state index in [0.29, 0.717) is 35.9 Å². The number of furan rings is 1. The molecule has 2 heterocycles. The third-order valence-electron chi connectivity index (χ3n) is 5.47. The van der Waals surface area contributed by atoms with Gasteiger partial charge in [0.15, 0.2) is 17.3 Å². The van der Waals surface area contributed by atoms with Crippen LogP contribution in [0, 0.1) is 5.82 Å². The lowest BCUT2D eigenvalue weighted by molar-refractivity contribution is 0.0598. The number of nitrogens with zero attached hydrogens (tertiary/aromatic N) is 2. The zero-order valence-corrected chi connectivity index (χ0v) is 17.6. The lowest BCUT2D eigenvalue weighted by Crippen LogP contribution is -2.48. The van der Waals surface area contributed by atoms with Crippen molar-refractivity contribution < 1.29 is 23.1 Å². The van der Waals surface area contributed by atoms with Crippen LogP contribution in [0.2, 0.25) is 0 Å². The van der Waals surface area contributed by atoms with Gasteiger partial charge in [-0.2, -0.15) is 0 Å². The summed E-state index contributed by atoms with van der Waals surface area (Å²) in [7, 11) is 3.24. The highest BCUT2D eigenvalue weighted by molar-refractivity contribution is 5.92. The van der Waals surface area contributed by atoms with Crippen LogP contribution < -0.4 is 9.47 Å². The van der Waals surface area contributed by atoms with Crippen LogP contribution in [0.4, 0.5) is 4.39 Å². The van der Waals surface area contributed by atoms with Crippen LogP contribution >= 0.6 is 0 Å². The number of halogens is 1. The van der Waals surface area contributed by atoms with E-state index in [1.165, 1.54) is 6.07 Å². The first-order valence-electron chi connectivity index (χ1n) is 10.2. The molecule has 1 aliphatic heterocycles. The van der Waals surface area contributed by atoms with Crippen molar-refractivity contribution in [1.82, 2.24) is 9.80 Å². The molecule has 0 aliphatic carbocycles. The normalized spacial score (nSPS) is 14.5. The van der Waals surface area contributed by atoms with Gasteiger partial charge in [-0.15, -0.1) is 0 Å². The van der Waals surface area contributed by atoms with Gasteiger partial charge in [-0.05, 0) is 42.0 Å². The first kappa shape index (κ1) is 20.9. The summed E-state index contributed by atoms with van der Waals surface area (Å²) in [6, 6.07) is 15.5. The minimum absolute atomic E-state index is 0.173. The van der Waals surface area contributed by atoms with E-state index in [2.05, 4.69) is 4.90 Å². The van der Waals surface area contributed by atoms with Gasteiger partial charge >= 0.3 is 0 Å². The first-order valence-corrected chi connectivity index (χ1v) is 10.2. The van der Waals surface area contributed by atoms with Crippen LogP contribution in [0.1, 0.15) is 16.1 Å². The summed E-state index contributed by atoms with van der Waals surface area (Å²) in [5.74, 6) is 1.44. The summed E-state index contributed by atoms with van der Waals surface area (Å²) in [5.41, 5.74) is 1.47. The number of benzene rings is 2. The lowest BCUT2D eigenvalue weighted by Gasteiger charge is -2.34. The Kier molecular flexibility index (Phi) is 6.23. The molecule has 0 radical (unpaired) electrons. The van der Waals surface area contributed by atoms with Gasteiger partial charge in [0, 0.05) is 32.7 Å². The number of methoxy groups -OCH3 is 2. The maximum Gasteiger partial charge on any atom is 0.289 e. The van der Waals surface area contributed by atoms with E-state index in [4.69, 9.17) is 13.9 Å². The Bertz CT molecular complexity index is 1060. The summed E-state index contributed by atoms with van der Waals surface area (Å²) < 4.78 is 30.3. The molecule has 0 bridgehead atoms. The molecule has 0 N–H and O–H groups in total. The molecule has 1 fully saturated rings. The molecule has 1 saturated heterocycles. The van der Waals surface area contributed by atoms with E-state index < -0.39 is 0 Å². The fraction of sp³-hybridized carbons (Fsp3) is 0.292. The summed E-state index contributed by atoms with van der Waals surface area (Å²) in [4.78, 5) is 16.9. The van der Waals surface area contributed by atoms with E-state index in [1.54, 1.807) is 49.5 Å². The number of carbonyl (C=O) groups is 1. The second-order valence-electron chi connectivity index (χ2n) is 7.40. The average molecular weight is 424 g/mol. The summed E-state index contributed by atoms with van der Waals surface area (Å²) >= 11 is 0. The fourth-order valence-corrected chi connectivity index (χ4v) is 3.76. The molecule has 0 unspecified atom stereocenters. The van der Waals surface area contributed by atoms with Gasteiger partial charge in [-0.3, -0.25) is 9.69 Å². The van der Waals surface area contributed by atoms with Gasteiger partial charge in [0.25, 0.3) is 5.91 Å². The standard InChI is InChI=1S/C24H25FN2O4/c1-29-21-8-7-17(15-23(21)30-2)16-26-11-13-27(14-12-26)24(28)22-10-9-20(31-22)18-5-3-4-6-19(18)25/h3-10,15H,11-14,16H2,1-2H3. The molecule has 7 heteroatoms. The maximum absolute atomic E-state index is 14.0. The molecular weight excluding hydrogens is 399 g/mol. The van der Waals surface area contributed by atoms with Crippen LogP contribution in [0.3, 0.4) is 0 Å². The Morgan fingerprint density at radius 1 is 0.968 bits per heavy atom. The van der Waals surface area contributed by atoms with E-state index >= 15 is 0 Å². The number of rotatable bonds is 6. The highest BCUT2D eigenvalue weighted by Gasteiger charge is 2.25. The fourth-order valence-electron chi connectivity index (χ4n) is 3.76. The monoisotopic (exact) mass is 424 g/mol. The molecule has 162 valence electrons. The second kappa shape index (κ2) is 9.22. The minimum atomic E-state index is -0.375. The predicted molar refractivity (Wildman–Crippen MR) is 115 cm³/mol. The smallest absolute Gasteiger partial charge is 0.289 e. The van der Waals surface area contributed by atoms with Gasteiger partial charge in [-0.1, -0.05) is 18.2 Å². The number of carbonyl (C=O) groups excluding carboxylic acids is 1. The number of hydrogen-bond donors (Lipinski definition) is 0. The van der Waals surface area contributed by atoms with Crippen LogP contribution in [-0.2, 0) is 6.54 Å². The molecule has 1 aromatic heterocycles. The predicted octanol–water partition coefficient (Wildman–Crippen LogP) is 4.06. The van der Waals surface area contributed by atoms with Crippen molar-refractivity contribution in [2.45, 2.75) is 6.54 Å². The Labute approximate surface area is 180 Å². The number of ether oxygens (including phenoxy) is 2. The van der Waals surface area contributed by atoms with Gasteiger partial charge in [-0.25, -0.2) is 4.39 Å². The molecule has 3 aromatic rings. The van der Waals surface area contributed by atoms with Gasteiger partial charge in [0.05, 0.1) is 19.8 Å². The van der Waals surface area contributed by atoms with Crippen LogP contribution in [0.25, 0.3) is 11.3 Å². The largest absolute Gasteiger partial charge is 0.493 e. The molecule has 1 amide bonds. The van der Waals surface area contributed by atoms with E-state index in [9.17, 15) is 9.18 Å². The summed E-state index contributed by atoms with van der Waals surface area (Å²) in [6.45, 7) is 3.46. The molecule has 31 heavy (non-hydrogen) atoms. The Balaban J connectivity index is 1.36. The lowest BCUT2D eigenvalue weighted by atomic mass is 10.1. The summed E-state index contributed by atoms with van der Waals surface area (Å²) in [5, 5.41) is 0.